The van der Waals surface area contributed by atoms with E-state index >= 15 is 0 Å². The van der Waals surface area contributed by atoms with Crippen LogP contribution in [0.25, 0.3) is 0 Å². The van der Waals surface area contributed by atoms with Crippen molar-refractivity contribution in [2.45, 2.75) is 31.5 Å². The van der Waals surface area contributed by atoms with Crippen LogP contribution in [0.3, 0.4) is 0 Å². The summed E-state index contributed by atoms with van der Waals surface area (Å²) in [6.07, 6.45) is 1.39. The molecule has 42 heavy (non-hydrogen) atoms. The number of hydrazone groups is 2. The second-order valence-electron chi connectivity index (χ2n) is 10.7. The molecular formula is C32H28N8O2. The van der Waals surface area contributed by atoms with Crippen LogP contribution in [0, 0.1) is 10.1 Å². The lowest BCUT2D eigenvalue weighted by Gasteiger charge is -2.39. The Morgan fingerprint density at radius 1 is 0.786 bits per heavy atom. The van der Waals surface area contributed by atoms with Crippen LogP contribution in [0.1, 0.15) is 36.9 Å². The van der Waals surface area contributed by atoms with Gasteiger partial charge in [0.25, 0.3) is 5.69 Å². The fourth-order valence-corrected chi connectivity index (χ4v) is 5.97. The highest BCUT2D eigenvalue weighted by atomic mass is 16.6. The first-order valence-corrected chi connectivity index (χ1v) is 13.9. The molecule has 0 bridgehead atoms. The average Bonchev–Trinajstić information content (AvgIpc) is 3.75. The number of hydrogen-bond donors (Lipinski definition) is 0. The van der Waals surface area contributed by atoms with Gasteiger partial charge in [-0.1, -0.05) is 65.9 Å². The van der Waals surface area contributed by atoms with E-state index in [1.807, 2.05) is 82.6 Å². The number of nitro benzene ring substituents is 1. The van der Waals surface area contributed by atoms with Crippen molar-refractivity contribution in [1.82, 2.24) is 0 Å². The molecule has 4 aromatic rings. The smallest absolute Gasteiger partial charge is 0.258 e. The maximum absolute atomic E-state index is 11.2. The van der Waals surface area contributed by atoms with Gasteiger partial charge < -0.3 is 0 Å². The van der Waals surface area contributed by atoms with Gasteiger partial charge in [0.15, 0.2) is 5.66 Å². The highest BCUT2D eigenvalue weighted by Gasteiger charge is 2.51. The average molecular weight is 557 g/mol. The lowest BCUT2D eigenvalue weighted by molar-refractivity contribution is -0.384. The maximum atomic E-state index is 11.2. The Kier molecular flexibility index (Phi) is 6.23. The third kappa shape index (κ3) is 4.37. The fourth-order valence-electron chi connectivity index (χ4n) is 5.97. The molecule has 1 spiro atoms. The molecule has 0 aromatic heterocycles. The lowest BCUT2D eigenvalue weighted by Crippen LogP contribution is -2.55. The molecule has 2 atom stereocenters. The van der Waals surface area contributed by atoms with Crippen LogP contribution in [-0.4, -0.2) is 28.6 Å². The third-order valence-corrected chi connectivity index (χ3v) is 7.94. The van der Waals surface area contributed by atoms with Crippen LogP contribution in [-0.2, 0) is 0 Å². The van der Waals surface area contributed by atoms with Gasteiger partial charge in [-0.25, -0.2) is 10.0 Å². The van der Waals surface area contributed by atoms with Gasteiger partial charge in [-0.05, 0) is 54.4 Å². The van der Waals surface area contributed by atoms with Crippen molar-refractivity contribution >= 4 is 34.2 Å². The molecule has 10 nitrogen and oxygen atoms in total. The summed E-state index contributed by atoms with van der Waals surface area (Å²) in [5.74, 6) is 0. The van der Waals surface area contributed by atoms with Gasteiger partial charge in [-0.3, -0.25) is 15.1 Å². The number of para-hydroxylation sites is 2. The van der Waals surface area contributed by atoms with E-state index in [-0.39, 0.29) is 16.7 Å². The van der Waals surface area contributed by atoms with Gasteiger partial charge >= 0.3 is 0 Å². The topological polar surface area (TPSA) is 102 Å². The van der Waals surface area contributed by atoms with E-state index in [9.17, 15) is 10.1 Å². The minimum absolute atomic E-state index is 0.0743. The standard InChI is InChI=1S/C32H28N8O2/c1-23-21-32(38(34-23)27-10-6-3-7-11-27)22-33-36-39(32)28-16-12-24(13-17-28)30-20-31(25-14-18-29(19-15-25)40(41)42)37(35-30)26-8-4-2-5-9-26/h2-19,31H,20-22H2,1H3. The zero-order valence-corrected chi connectivity index (χ0v) is 23.0. The molecule has 0 amide bonds. The molecule has 4 aromatic carbocycles. The molecule has 0 radical (unpaired) electrons. The van der Waals surface area contributed by atoms with Gasteiger partial charge in [0, 0.05) is 30.7 Å². The summed E-state index contributed by atoms with van der Waals surface area (Å²) in [6.45, 7) is 2.56. The summed E-state index contributed by atoms with van der Waals surface area (Å²) in [7, 11) is 0. The quantitative estimate of drug-likeness (QED) is 0.186. The first kappa shape index (κ1) is 25.6. The molecule has 0 saturated carbocycles. The Labute approximate surface area is 243 Å². The summed E-state index contributed by atoms with van der Waals surface area (Å²) in [4.78, 5) is 10.8. The van der Waals surface area contributed by atoms with E-state index in [2.05, 4.69) is 46.7 Å². The highest BCUT2D eigenvalue weighted by Crippen LogP contribution is 2.42. The predicted molar refractivity (Wildman–Crippen MR) is 164 cm³/mol. The molecular weight excluding hydrogens is 528 g/mol. The summed E-state index contributed by atoms with van der Waals surface area (Å²) >= 11 is 0. The number of hydrogen-bond acceptors (Lipinski definition) is 9. The van der Waals surface area contributed by atoms with E-state index in [4.69, 9.17) is 10.2 Å². The van der Waals surface area contributed by atoms with Crippen LogP contribution in [0.15, 0.2) is 130 Å². The lowest BCUT2D eigenvalue weighted by atomic mass is 9.97. The van der Waals surface area contributed by atoms with Crippen LogP contribution in [0.4, 0.5) is 22.7 Å². The van der Waals surface area contributed by atoms with Crippen molar-refractivity contribution < 1.29 is 4.92 Å². The molecule has 0 saturated heterocycles. The first-order chi connectivity index (χ1) is 20.5. The van der Waals surface area contributed by atoms with Crippen molar-refractivity contribution in [2.75, 3.05) is 21.6 Å². The van der Waals surface area contributed by atoms with Gasteiger partial charge in [-0.2, -0.15) is 15.3 Å². The Morgan fingerprint density at radius 3 is 2.10 bits per heavy atom. The van der Waals surface area contributed by atoms with E-state index in [0.717, 1.165) is 46.0 Å². The Morgan fingerprint density at radius 2 is 1.43 bits per heavy atom. The van der Waals surface area contributed by atoms with E-state index in [0.29, 0.717) is 13.0 Å². The van der Waals surface area contributed by atoms with Gasteiger partial charge in [0.1, 0.15) is 6.54 Å². The summed E-state index contributed by atoms with van der Waals surface area (Å²) in [6, 6.07) is 35.1. The molecule has 10 heteroatoms. The van der Waals surface area contributed by atoms with E-state index in [1.54, 1.807) is 12.1 Å². The zero-order valence-electron chi connectivity index (χ0n) is 23.0. The molecule has 0 fully saturated rings. The van der Waals surface area contributed by atoms with Crippen molar-refractivity contribution in [1.29, 1.82) is 0 Å². The Hall–Kier alpha value is -5.38. The van der Waals surface area contributed by atoms with Crippen LogP contribution in [0.2, 0.25) is 0 Å². The van der Waals surface area contributed by atoms with Gasteiger partial charge in [-0.15, -0.1) is 0 Å². The molecule has 3 aliphatic rings. The number of rotatable bonds is 6. The first-order valence-electron chi connectivity index (χ1n) is 13.9. The van der Waals surface area contributed by atoms with Crippen LogP contribution < -0.4 is 15.0 Å². The van der Waals surface area contributed by atoms with Gasteiger partial charge in [0.2, 0.25) is 0 Å². The molecule has 3 aliphatic heterocycles. The monoisotopic (exact) mass is 556 g/mol. The van der Waals surface area contributed by atoms with Crippen molar-refractivity contribution in [3.05, 3.63) is 130 Å². The number of benzene rings is 4. The fraction of sp³-hybridized carbons (Fsp3) is 0.188. The molecule has 7 rings (SSSR count). The molecule has 0 aliphatic carbocycles. The Bertz CT molecular complexity index is 1710. The number of nitro groups is 1. The normalized spacial score (nSPS) is 21.3. The minimum Gasteiger partial charge on any atom is -0.258 e. The summed E-state index contributed by atoms with van der Waals surface area (Å²) < 4.78 is 0. The predicted octanol–water partition coefficient (Wildman–Crippen LogP) is 7.12. The number of nitrogens with zero attached hydrogens (tertiary/aromatic N) is 8. The third-order valence-electron chi connectivity index (χ3n) is 7.94. The van der Waals surface area contributed by atoms with E-state index < -0.39 is 5.66 Å². The van der Waals surface area contributed by atoms with Crippen molar-refractivity contribution in [3.8, 4) is 0 Å². The van der Waals surface area contributed by atoms with Crippen LogP contribution >= 0.6 is 0 Å². The molecule has 208 valence electrons. The van der Waals surface area contributed by atoms with Gasteiger partial charge in [0.05, 0.1) is 33.7 Å². The SMILES string of the molecule is CC1=NN(c2ccccc2)C2(CN=NN2c2ccc(C3=NN(c4ccccc4)C(c4ccc([N+](=O)[O-])cc4)C3)cc2)C1. The highest BCUT2D eigenvalue weighted by molar-refractivity contribution is 6.03. The Balaban J connectivity index is 1.18. The molecule has 0 N–H and O–H groups in total. The second kappa shape index (κ2) is 10.2. The number of non-ortho nitro benzene ring substituents is 1. The zero-order chi connectivity index (χ0) is 28.7. The van der Waals surface area contributed by atoms with Crippen molar-refractivity contribution in [2.24, 2.45) is 20.5 Å². The second-order valence-corrected chi connectivity index (χ2v) is 10.7. The number of anilines is 3. The molecule has 3 heterocycles. The molecule has 2 unspecified atom stereocenters. The van der Waals surface area contributed by atoms with Crippen LogP contribution in [0.5, 0.6) is 0 Å². The van der Waals surface area contributed by atoms with Crippen molar-refractivity contribution in [3.63, 3.8) is 0 Å². The van der Waals surface area contributed by atoms with E-state index in [1.165, 1.54) is 0 Å². The summed E-state index contributed by atoms with van der Waals surface area (Å²) in [5.41, 5.74) is 6.39. The maximum Gasteiger partial charge on any atom is 0.269 e. The minimum atomic E-state index is -0.525. The largest absolute Gasteiger partial charge is 0.269 e. The summed E-state index contributed by atoms with van der Waals surface area (Å²) in [5, 5.41) is 36.2.